The molecule has 0 aromatic carbocycles. The Balaban J connectivity index is 1.59. The monoisotopic (exact) mass is 389 g/mol. The molecule has 1 saturated heterocycles. The van der Waals surface area contributed by atoms with Crippen LogP contribution in [0, 0.1) is 12.8 Å². The molecule has 8 heteroatoms. The van der Waals surface area contributed by atoms with Gasteiger partial charge in [-0.05, 0) is 50.2 Å². The number of thiophene rings is 1. The van der Waals surface area contributed by atoms with E-state index in [-0.39, 0.29) is 0 Å². The summed E-state index contributed by atoms with van der Waals surface area (Å²) in [7, 11) is 3.78. The Morgan fingerprint density at radius 2 is 2.11 bits per heavy atom. The minimum atomic E-state index is 0.383. The Bertz CT molecular complexity index is 729. The van der Waals surface area contributed by atoms with E-state index < -0.39 is 0 Å². The van der Waals surface area contributed by atoms with E-state index in [1.165, 1.54) is 17.7 Å². The average Bonchev–Trinajstić information content (AvgIpc) is 3.31. The second-order valence-electron chi connectivity index (χ2n) is 7.28. The molecular weight excluding hydrogens is 358 g/mol. The average molecular weight is 390 g/mol. The minimum Gasteiger partial charge on any atom is -0.354 e. The Labute approximate surface area is 165 Å². The van der Waals surface area contributed by atoms with Crippen molar-refractivity contribution >= 4 is 17.3 Å². The summed E-state index contributed by atoms with van der Waals surface area (Å²) in [6, 6.07) is 4.77. The number of piperidine rings is 1. The molecular formula is C19H31N7S. The van der Waals surface area contributed by atoms with Crippen LogP contribution in [0.2, 0.25) is 0 Å². The minimum absolute atomic E-state index is 0.383. The Morgan fingerprint density at radius 1 is 1.33 bits per heavy atom. The van der Waals surface area contributed by atoms with Crippen LogP contribution in [0.5, 0.6) is 0 Å². The third-order valence-electron chi connectivity index (χ3n) is 5.41. The third kappa shape index (κ3) is 5.07. The van der Waals surface area contributed by atoms with Crippen LogP contribution in [0.25, 0.3) is 0 Å². The predicted octanol–water partition coefficient (Wildman–Crippen LogP) is 2.32. The first-order valence-corrected chi connectivity index (χ1v) is 10.5. The second-order valence-corrected chi connectivity index (χ2v) is 8.26. The van der Waals surface area contributed by atoms with Crippen molar-refractivity contribution in [2.24, 2.45) is 18.0 Å². The van der Waals surface area contributed by atoms with E-state index in [0.29, 0.717) is 12.6 Å². The van der Waals surface area contributed by atoms with E-state index in [0.717, 1.165) is 43.2 Å². The van der Waals surface area contributed by atoms with Crippen molar-refractivity contribution < 1.29 is 0 Å². The molecule has 0 radical (unpaired) electrons. The highest BCUT2D eigenvalue weighted by atomic mass is 32.1. The molecule has 1 aliphatic rings. The van der Waals surface area contributed by atoms with Crippen LogP contribution in [0.1, 0.15) is 42.3 Å². The molecule has 7 nitrogen and oxygen atoms in total. The first-order chi connectivity index (χ1) is 13.1. The number of aliphatic imine (C=N–C) groups is 1. The molecule has 2 aromatic heterocycles. The van der Waals surface area contributed by atoms with E-state index in [4.69, 9.17) is 0 Å². The van der Waals surface area contributed by atoms with Crippen molar-refractivity contribution in [1.82, 2.24) is 30.3 Å². The summed E-state index contributed by atoms with van der Waals surface area (Å²) in [5.74, 6) is 3.44. The van der Waals surface area contributed by atoms with Gasteiger partial charge in [-0.25, -0.2) is 0 Å². The van der Waals surface area contributed by atoms with Gasteiger partial charge in [-0.15, -0.1) is 21.5 Å². The molecule has 0 bridgehead atoms. The van der Waals surface area contributed by atoms with Crippen molar-refractivity contribution in [3.8, 4) is 0 Å². The molecule has 1 fully saturated rings. The molecule has 3 heterocycles. The van der Waals surface area contributed by atoms with Gasteiger partial charge in [-0.3, -0.25) is 9.89 Å². The standard InChI is InChI=1S/C19H31N7S/c1-14-7-9-26(10-8-14)16(17-6-5-11-27-17)12-21-19(20-3)22-13-18-24-23-15(2)25(18)4/h5-6,11,14,16H,7-10,12-13H2,1-4H3,(H2,20,21,22). The van der Waals surface area contributed by atoms with Crippen LogP contribution < -0.4 is 10.6 Å². The van der Waals surface area contributed by atoms with Crippen molar-refractivity contribution in [3.63, 3.8) is 0 Å². The summed E-state index contributed by atoms with van der Waals surface area (Å²) in [6.07, 6.45) is 2.56. The van der Waals surface area contributed by atoms with Crippen LogP contribution in [0.4, 0.5) is 0 Å². The molecule has 0 amide bonds. The van der Waals surface area contributed by atoms with Gasteiger partial charge in [0.15, 0.2) is 11.8 Å². The van der Waals surface area contributed by atoms with Gasteiger partial charge in [0.1, 0.15) is 5.82 Å². The third-order valence-corrected chi connectivity index (χ3v) is 6.39. The summed E-state index contributed by atoms with van der Waals surface area (Å²) >= 11 is 1.84. The van der Waals surface area contributed by atoms with Gasteiger partial charge in [0.2, 0.25) is 0 Å². The van der Waals surface area contributed by atoms with E-state index in [9.17, 15) is 0 Å². The number of hydrogen-bond acceptors (Lipinski definition) is 5. The van der Waals surface area contributed by atoms with Gasteiger partial charge < -0.3 is 15.2 Å². The first kappa shape index (κ1) is 19.8. The molecule has 1 unspecified atom stereocenters. The molecule has 0 aliphatic carbocycles. The number of likely N-dealkylation sites (tertiary alicyclic amines) is 1. The number of aromatic nitrogens is 3. The number of guanidine groups is 1. The van der Waals surface area contributed by atoms with Crippen molar-refractivity contribution in [2.75, 3.05) is 26.7 Å². The second kappa shape index (κ2) is 9.32. The Hall–Kier alpha value is -1.93. The highest BCUT2D eigenvalue weighted by Crippen LogP contribution is 2.29. The predicted molar refractivity (Wildman–Crippen MR) is 111 cm³/mol. The highest BCUT2D eigenvalue weighted by Gasteiger charge is 2.25. The Morgan fingerprint density at radius 3 is 2.70 bits per heavy atom. The fraction of sp³-hybridized carbons (Fsp3) is 0.632. The number of hydrogen-bond donors (Lipinski definition) is 2. The van der Waals surface area contributed by atoms with Crippen molar-refractivity contribution in [2.45, 2.75) is 39.3 Å². The van der Waals surface area contributed by atoms with E-state index in [2.05, 4.69) is 55.2 Å². The van der Waals surface area contributed by atoms with Gasteiger partial charge in [0, 0.05) is 25.5 Å². The van der Waals surface area contributed by atoms with E-state index >= 15 is 0 Å². The summed E-state index contributed by atoms with van der Waals surface area (Å²) in [4.78, 5) is 8.39. The van der Waals surface area contributed by atoms with Crippen LogP contribution in [-0.4, -0.2) is 52.3 Å². The van der Waals surface area contributed by atoms with Gasteiger partial charge in [-0.2, -0.15) is 0 Å². The molecule has 2 aromatic rings. The maximum absolute atomic E-state index is 4.37. The number of nitrogens with one attached hydrogen (secondary N) is 2. The quantitative estimate of drug-likeness (QED) is 0.586. The summed E-state index contributed by atoms with van der Waals surface area (Å²) in [6.45, 7) is 8.07. The molecule has 1 atom stereocenters. The van der Waals surface area contributed by atoms with Crippen LogP contribution in [0.3, 0.4) is 0 Å². The van der Waals surface area contributed by atoms with Gasteiger partial charge >= 0.3 is 0 Å². The lowest BCUT2D eigenvalue weighted by molar-refractivity contribution is 0.140. The summed E-state index contributed by atoms with van der Waals surface area (Å²) in [5.41, 5.74) is 0. The maximum Gasteiger partial charge on any atom is 0.191 e. The zero-order chi connectivity index (χ0) is 19.2. The molecule has 3 rings (SSSR count). The normalized spacial score (nSPS) is 17.9. The summed E-state index contributed by atoms with van der Waals surface area (Å²) in [5, 5.41) is 17.3. The fourth-order valence-corrected chi connectivity index (χ4v) is 4.27. The lowest BCUT2D eigenvalue weighted by Gasteiger charge is -2.36. The van der Waals surface area contributed by atoms with Gasteiger partial charge in [0.05, 0.1) is 12.6 Å². The molecule has 0 saturated carbocycles. The van der Waals surface area contributed by atoms with Crippen LogP contribution in [-0.2, 0) is 13.6 Å². The van der Waals surface area contributed by atoms with E-state index in [1.54, 1.807) is 7.05 Å². The molecule has 27 heavy (non-hydrogen) atoms. The molecule has 1 aliphatic heterocycles. The summed E-state index contributed by atoms with van der Waals surface area (Å²) < 4.78 is 1.99. The molecule has 148 valence electrons. The lowest BCUT2D eigenvalue weighted by atomic mass is 9.97. The fourth-order valence-electron chi connectivity index (χ4n) is 3.41. The maximum atomic E-state index is 4.37. The topological polar surface area (TPSA) is 70.4 Å². The van der Waals surface area contributed by atoms with Gasteiger partial charge in [-0.1, -0.05) is 13.0 Å². The molecule has 0 spiro atoms. The number of rotatable bonds is 6. The van der Waals surface area contributed by atoms with Crippen LogP contribution in [0.15, 0.2) is 22.5 Å². The largest absolute Gasteiger partial charge is 0.354 e. The lowest BCUT2D eigenvalue weighted by Crippen LogP contribution is -2.44. The number of aryl methyl sites for hydroxylation is 1. The van der Waals surface area contributed by atoms with Gasteiger partial charge in [0.25, 0.3) is 0 Å². The number of nitrogens with zero attached hydrogens (tertiary/aromatic N) is 5. The zero-order valence-corrected chi connectivity index (χ0v) is 17.6. The first-order valence-electron chi connectivity index (χ1n) is 9.65. The zero-order valence-electron chi connectivity index (χ0n) is 16.8. The van der Waals surface area contributed by atoms with Crippen LogP contribution >= 0.6 is 11.3 Å². The van der Waals surface area contributed by atoms with E-state index in [1.807, 2.05) is 29.9 Å². The smallest absolute Gasteiger partial charge is 0.191 e. The van der Waals surface area contributed by atoms with Crippen molar-refractivity contribution in [3.05, 3.63) is 34.0 Å². The Kier molecular flexibility index (Phi) is 6.84. The SMILES string of the molecule is CN=C(NCc1nnc(C)n1C)NCC(c1cccs1)N1CCC(C)CC1. The van der Waals surface area contributed by atoms with Crippen molar-refractivity contribution in [1.29, 1.82) is 0 Å². The molecule has 2 N–H and O–H groups in total. The highest BCUT2D eigenvalue weighted by molar-refractivity contribution is 7.10.